The van der Waals surface area contributed by atoms with Crippen molar-refractivity contribution in [3.63, 3.8) is 0 Å². The number of likely N-dealkylation sites (N-methyl/N-ethyl adjacent to an activating group) is 1. The molecule has 11 heteroatoms. The summed E-state index contributed by atoms with van der Waals surface area (Å²) >= 11 is 0. The van der Waals surface area contributed by atoms with Crippen molar-refractivity contribution in [1.82, 2.24) is 14.5 Å². The number of hydrogen-bond acceptors (Lipinski definition) is 7. The molecule has 2 rings (SSSR count). The molecule has 1 atom stereocenters. The zero-order chi connectivity index (χ0) is 20.9. The summed E-state index contributed by atoms with van der Waals surface area (Å²) < 4.78 is 35.6. The van der Waals surface area contributed by atoms with Crippen LogP contribution in [0.3, 0.4) is 0 Å². The van der Waals surface area contributed by atoms with Gasteiger partial charge in [0.2, 0.25) is 11.0 Å². The Labute approximate surface area is 163 Å². The van der Waals surface area contributed by atoms with Gasteiger partial charge in [-0.25, -0.2) is 13.1 Å². The summed E-state index contributed by atoms with van der Waals surface area (Å²) in [5, 5.41) is -0.383. The summed E-state index contributed by atoms with van der Waals surface area (Å²) in [5.41, 5.74) is 0. The van der Waals surface area contributed by atoms with E-state index in [1.165, 1.54) is 31.1 Å². The van der Waals surface area contributed by atoms with E-state index in [0.717, 1.165) is 4.90 Å². The van der Waals surface area contributed by atoms with Crippen molar-refractivity contribution in [2.24, 2.45) is 5.92 Å². The Morgan fingerprint density at radius 1 is 1.36 bits per heavy atom. The standard InChI is InChI=1S/C17H25N3O7S/c1-4-26-17(23)12-6-5-9-20(10-12)14(21)11-19(3)16(22)13-7-8-15(27-13)28(24,25)18-2/h7-8,12,18H,4-6,9-11H2,1-3H3. The highest BCUT2D eigenvalue weighted by molar-refractivity contribution is 7.89. The maximum absolute atomic E-state index is 12.5. The Hall–Kier alpha value is -2.40. The predicted octanol–water partition coefficient (Wildman–Crippen LogP) is 0.0614. The number of carbonyl (C=O) groups excluding carboxylic acids is 3. The lowest BCUT2D eigenvalue weighted by atomic mass is 9.98. The number of sulfonamides is 1. The van der Waals surface area contributed by atoms with E-state index >= 15 is 0 Å². The van der Waals surface area contributed by atoms with Crippen LogP contribution in [0.15, 0.2) is 21.6 Å². The minimum Gasteiger partial charge on any atom is -0.466 e. The molecule has 156 valence electrons. The van der Waals surface area contributed by atoms with Gasteiger partial charge in [0.05, 0.1) is 19.1 Å². The second-order valence-corrected chi connectivity index (χ2v) is 8.24. The lowest BCUT2D eigenvalue weighted by molar-refractivity contribution is -0.151. The van der Waals surface area contributed by atoms with E-state index in [1.807, 2.05) is 0 Å². The van der Waals surface area contributed by atoms with Gasteiger partial charge in [-0.05, 0) is 38.9 Å². The van der Waals surface area contributed by atoms with E-state index in [-0.39, 0.29) is 48.3 Å². The van der Waals surface area contributed by atoms with Gasteiger partial charge in [0.1, 0.15) is 0 Å². The van der Waals surface area contributed by atoms with Crippen LogP contribution < -0.4 is 4.72 Å². The number of esters is 1. The second kappa shape index (κ2) is 9.20. The lowest BCUT2D eigenvalue weighted by Crippen LogP contribution is -2.47. The fourth-order valence-electron chi connectivity index (χ4n) is 2.90. The Bertz CT molecular complexity index is 834. The molecule has 0 radical (unpaired) electrons. The van der Waals surface area contributed by atoms with Gasteiger partial charge in [-0.3, -0.25) is 14.4 Å². The Kier molecular flexibility index (Phi) is 7.19. The molecule has 2 amide bonds. The normalized spacial score (nSPS) is 17.2. The van der Waals surface area contributed by atoms with E-state index in [0.29, 0.717) is 19.4 Å². The molecule has 0 aliphatic carbocycles. The number of ether oxygens (including phenoxy) is 1. The van der Waals surface area contributed by atoms with E-state index in [9.17, 15) is 22.8 Å². The number of amides is 2. The third-order valence-corrected chi connectivity index (χ3v) is 5.73. The second-order valence-electron chi connectivity index (χ2n) is 6.42. The third kappa shape index (κ3) is 5.10. The van der Waals surface area contributed by atoms with Crippen molar-refractivity contribution in [3.8, 4) is 0 Å². The van der Waals surface area contributed by atoms with Crippen LogP contribution in [0, 0.1) is 5.92 Å². The topological polar surface area (TPSA) is 126 Å². The Balaban J connectivity index is 1.98. The summed E-state index contributed by atoms with van der Waals surface area (Å²) in [7, 11) is -1.16. The van der Waals surface area contributed by atoms with E-state index in [1.54, 1.807) is 6.92 Å². The van der Waals surface area contributed by atoms with Gasteiger partial charge in [0.15, 0.2) is 5.76 Å². The highest BCUT2D eigenvalue weighted by Crippen LogP contribution is 2.19. The molecule has 1 fully saturated rings. The zero-order valence-electron chi connectivity index (χ0n) is 16.1. The van der Waals surface area contributed by atoms with Crippen LogP contribution in [-0.4, -0.2) is 76.3 Å². The molecule has 0 aromatic carbocycles. The van der Waals surface area contributed by atoms with E-state index in [2.05, 4.69) is 4.72 Å². The smallest absolute Gasteiger partial charge is 0.310 e. The molecule has 0 spiro atoms. The third-order valence-electron chi connectivity index (χ3n) is 4.44. The summed E-state index contributed by atoms with van der Waals surface area (Å²) in [6.07, 6.45) is 1.34. The highest BCUT2D eigenvalue weighted by Gasteiger charge is 2.30. The zero-order valence-corrected chi connectivity index (χ0v) is 17.0. The van der Waals surface area contributed by atoms with Crippen molar-refractivity contribution in [2.75, 3.05) is 40.3 Å². The molecule has 1 aromatic rings. The SMILES string of the molecule is CCOC(=O)C1CCCN(C(=O)CN(C)C(=O)c2ccc(S(=O)(=O)NC)o2)C1. The number of likely N-dealkylation sites (tertiary alicyclic amines) is 1. The van der Waals surface area contributed by atoms with Crippen LogP contribution in [-0.2, 0) is 24.3 Å². The van der Waals surface area contributed by atoms with Crippen molar-refractivity contribution in [3.05, 3.63) is 17.9 Å². The van der Waals surface area contributed by atoms with Gasteiger partial charge >= 0.3 is 5.97 Å². The van der Waals surface area contributed by atoms with Crippen LogP contribution in [0.1, 0.15) is 30.3 Å². The van der Waals surface area contributed by atoms with Crippen molar-refractivity contribution in [2.45, 2.75) is 24.9 Å². The molecule has 28 heavy (non-hydrogen) atoms. The van der Waals surface area contributed by atoms with Gasteiger partial charge in [0.25, 0.3) is 15.9 Å². The molecule has 0 bridgehead atoms. The maximum atomic E-state index is 12.5. The largest absolute Gasteiger partial charge is 0.466 e. The number of furan rings is 1. The number of nitrogens with zero attached hydrogens (tertiary/aromatic N) is 2. The van der Waals surface area contributed by atoms with Crippen LogP contribution in [0.4, 0.5) is 0 Å². The number of hydrogen-bond donors (Lipinski definition) is 1. The molecule has 1 N–H and O–H groups in total. The summed E-state index contributed by atoms with van der Waals surface area (Å²) in [6.45, 7) is 2.55. The average molecular weight is 415 g/mol. The average Bonchev–Trinajstić information content (AvgIpc) is 3.18. The lowest BCUT2D eigenvalue weighted by Gasteiger charge is -2.32. The Morgan fingerprint density at radius 3 is 2.71 bits per heavy atom. The van der Waals surface area contributed by atoms with Gasteiger partial charge in [-0.2, -0.15) is 0 Å². The molecule has 1 saturated heterocycles. The van der Waals surface area contributed by atoms with Gasteiger partial charge in [-0.15, -0.1) is 0 Å². The van der Waals surface area contributed by atoms with E-state index < -0.39 is 15.9 Å². The van der Waals surface area contributed by atoms with Crippen LogP contribution in [0.25, 0.3) is 0 Å². The number of carbonyl (C=O) groups is 3. The summed E-state index contributed by atoms with van der Waals surface area (Å²) in [4.78, 5) is 39.5. The number of nitrogens with one attached hydrogen (secondary N) is 1. The first kappa shape index (κ1) is 21.9. The molecule has 10 nitrogen and oxygen atoms in total. The molecular formula is C17H25N3O7S. The molecule has 1 unspecified atom stereocenters. The fraction of sp³-hybridized carbons (Fsp3) is 0.588. The molecule has 1 aromatic heterocycles. The quantitative estimate of drug-likeness (QED) is 0.624. The van der Waals surface area contributed by atoms with Crippen molar-refractivity contribution in [1.29, 1.82) is 0 Å². The monoisotopic (exact) mass is 415 g/mol. The maximum Gasteiger partial charge on any atom is 0.310 e. The van der Waals surface area contributed by atoms with E-state index in [4.69, 9.17) is 9.15 Å². The van der Waals surface area contributed by atoms with Crippen LogP contribution >= 0.6 is 0 Å². The minimum atomic E-state index is -3.80. The first-order valence-corrected chi connectivity index (χ1v) is 10.4. The van der Waals surface area contributed by atoms with Gasteiger partial charge in [0, 0.05) is 20.1 Å². The number of rotatable bonds is 7. The first-order valence-electron chi connectivity index (χ1n) is 8.92. The fourth-order valence-corrected chi connectivity index (χ4v) is 3.55. The predicted molar refractivity (Wildman–Crippen MR) is 97.9 cm³/mol. The minimum absolute atomic E-state index is 0.188. The molecule has 0 saturated carbocycles. The molecular weight excluding hydrogens is 390 g/mol. The molecule has 1 aliphatic rings. The van der Waals surface area contributed by atoms with Crippen LogP contribution in [0.2, 0.25) is 0 Å². The summed E-state index contributed by atoms with van der Waals surface area (Å²) in [5.74, 6) is -1.80. The molecule has 1 aliphatic heterocycles. The first-order chi connectivity index (χ1) is 13.2. The Morgan fingerprint density at radius 2 is 2.07 bits per heavy atom. The van der Waals surface area contributed by atoms with Crippen molar-refractivity contribution >= 4 is 27.8 Å². The summed E-state index contributed by atoms with van der Waals surface area (Å²) in [6, 6.07) is 2.41. The van der Waals surface area contributed by atoms with Crippen molar-refractivity contribution < 1.29 is 32.0 Å². The van der Waals surface area contributed by atoms with Gasteiger partial charge in [-0.1, -0.05) is 0 Å². The van der Waals surface area contributed by atoms with Crippen LogP contribution in [0.5, 0.6) is 0 Å². The number of piperidine rings is 1. The molecule has 2 heterocycles. The highest BCUT2D eigenvalue weighted by atomic mass is 32.2. The van der Waals surface area contributed by atoms with Gasteiger partial charge < -0.3 is 19.0 Å².